The highest BCUT2D eigenvalue weighted by molar-refractivity contribution is 7.92. The molecule has 0 aliphatic carbocycles. The van der Waals surface area contributed by atoms with Gasteiger partial charge < -0.3 is 4.90 Å². The van der Waals surface area contributed by atoms with E-state index in [1.54, 1.807) is 12.1 Å². The number of hydrogen-bond acceptors (Lipinski definition) is 3. The number of fused-ring (bicyclic) bond motifs is 1. The minimum Gasteiger partial charge on any atom is -0.339 e. The lowest BCUT2D eigenvalue weighted by Gasteiger charge is -2.30. The van der Waals surface area contributed by atoms with Gasteiger partial charge in [0.15, 0.2) is 0 Å². The van der Waals surface area contributed by atoms with Crippen LogP contribution in [0, 0.1) is 5.92 Å². The average Bonchev–Trinajstić information content (AvgIpc) is 2.49. The number of hydrogen-bond donors (Lipinski definition) is 0. The number of aryl methyl sites for hydroxylation is 1. The van der Waals surface area contributed by atoms with Crippen molar-refractivity contribution in [2.24, 2.45) is 5.92 Å². The van der Waals surface area contributed by atoms with Gasteiger partial charge in [-0.3, -0.25) is 9.10 Å². The molecule has 23 heavy (non-hydrogen) atoms. The fourth-order valence-corrected chi connectivity index (χ4v) is 4.02. The maximum Gasteiger partial charge on any atom is 0.253 e. The minimum absolute atomic E-state index is 0.0143. The van der Waals surface area contributed by atoms with Crippen LogP contribution >= 0.6 is 0 Å². The molecule has 0 unspecified atom stereocenters. The SMILES string of the molecule is CCN(CC(C)C)C(=O)c1ccc2c(c1)CCCN2S(C)(=O)=O. The second kappa shape index (κ2) is 6.91. The Balaban J connectivity index is 2.32. The lowest BCUT2D eigenvalue weighted by molar-refractivity contribution is 0.0745. The number of nitrogens with zero attached hydrogens (tertiary/aromatic N) is 2. The first-order chi connectivity index (χ1) is 10.7. The van der Waals surface area contributed by atoms with Crippen molar-refractivity contribution in [2.75, 3.05) is 30.2 Å². The summed E-state index contributed by atoms with van der Waals surface area (Å²) in [6.07, 6.45) is 2.81. The predicted molar refractivity (Wildman–Crippen MR) is 93.4 cm³/mol. The Bertz CT molecular complexity index is 683. The van der Waals surface area contributed by atoms with Crippen LogP contribution in [0.1, 0.15) is 43.1 Å². The topological polar surface area (TPSA) is 57.7 Å². The lowest BCUT2D eigenvalue weighted by Crippen LogP contribution is -2.36. The van der Waals surface area contributed by atoms with Crippen molar-refractivity contribution in [1.29, 1.82) is 0 Å². The number of sulfonamides is 1. The van der Waals surface area contributed by atoms with E-state index in [4.69, 9.17) is 0 Å². The van der Waals surface area contributed by atoms with E-state index < -0.39 is 10.0 Å². The highest BCUT2D eigenvalue weighted by Gasteiger charge is 2.25. The van der Waals surface area contributed by atoms with Gasteiger partial charge in [-0.1, -0.05) is 13.8 Å². The molecule has 0 saturated heterocycles. The normalized spacial score (nSPS) is 14.7. The zero-order valence-corrected chi connectivity index (χ0v) is 15.2. The third-order valence-corrected chi connectivity index (χ3v) is 5.24. The van der Waals surface area contributed by atoms with Crippen LogP contribution in [0.4, 0.5) is 5.69 Å². The van der Waals surface area contributed by atoms with Crippen LogP contribution in [-0.4, -0.2) is 45.1 Å². The lowest BCUT2D eigenvalue weighted by atomic mass is 10.00. The van der Waals surface area contributed by atoms with E-state index in [9.17, 15) is 13.2 Å². The van der Waals surface area contributed by atoms with Crippen LogP contribution in [0.2, 0.25) is 0 Å². The maximum atomic E-state index is 12.7. The van der Waals surface area contributed by atoms with E-state index in [1.807, 2.05) is 17.9 Å². The van der Waals surface area contributed by atoms with Crippen molar-refractivity contribution in [1.82, 2.24) is 4.90 Å². The van der Waals surface area contributed by atoms with Crippen LogP contribution in [-0.2, 0) is 16.4 Å². The van der Waals surface area contributed by atoms with Crippen molar-refractivity contribution in [3.63, 3.8) is 0 Å². The van der Waals surface area contributed by atoms with Crippen molar-refractivity contribution >= 4 is 21.6 Å². The monoisotopic (exact) mass is 338 g/mol. The number of carbonyl (C=O) groups is 1. The van der Waals surface area contributed by atoms with Gasteiger partial charge in [0.2, 0.25) is 10.0 Å². The molecule has 0 spiro atoms. The number of amides is 1. The standard InChI is InChI=1S/C17H26N2O3S/c1-5-18(12-13(2)3)17(20)15-8-9-16-14(11-15)7-6-10-19(16)23(4,21)22/h8-9,11,13H,5-7,10,12H2,1-4H3. The molecule has 1 aromatic carbocycles. The molecule has 128 valence electrons. The van der Waals surface area contributed by atoms with Crippen molar-refractivity contribution < 1.29 is 13.2 Å². The Morgan fingerprint density at radius 1 is 1.35 bits per heavy atom. The summed E-state index contributed by atoms with van der Waals surface area (Å²) in [6.45, 7) is 8.06. The summed E-state index contributed by atoms with van der Waals surface area (Å²) >= 11 is 0. The van der Waals surface area contributed by atoms with Crippen molar-refractivity contribution in [3.05, 3.63) is 29.3 Å². The van der Waals surface area contributed by atoms with Gasteiger partial charge in [0.25, 0.3) is 5.91 Å². The van der Waals surface area contributed by atoms with E-state index in [2.05, 4.69) is 13.8 Å². The number of benzene rings is 1. The van der Waals surface area contributed by atoms with Gasteiger partial charge in [0, 0.05) is 25.2 Å². The zero-order valence-electron chi connectivity index (χ0n) is 14.4. The summed E-state index contributed by atoms with van der Waals surface area (Å²) < 4.78 is 25.2. The quantitative estimate of drug-likeness (QED) is 0.829. The molecule has 1 heterocycles. The zero-order chi connectivity index (χ0) is 17.2. The number of anilines is 1. The van der Waals surface area contributed by atoms with Crippen LogP contribution in [0.25, 0.3) is 0 Å². The Morgan fingerprint density at radius 2 is 2.04 bits per heavy atom. The van der Waals surface area contributed by atoms with E-state index in [0.717, 1.165) is 24.9 Å². The van der Waals surface area contributed by atoms with E-state index in [1.165, 1.54) is 10.6 Å². The highest BCUT2D eigenvalue weighted by atomic mass is 32.2. The van der Waals surface area contributed by atoms with Gasteiger partial charge in [0.05, 0.1) is 11.9 Å². The van der Waals surface area contributed by atoms with Crippen LogP contribution in [0.3, 0.4) is 0 Å². The fraction of sp³-hybridized carbons (Fsp3) is 0.588. The van der Waals surface area contributed by atoms with Crippen LogP contribution < -0.4 is 4.31 Å². The first kappa shape index (κ1) is 17.8. The molecule has 0 radical (unpaired) electrons. The van der Waals surface area contributed by atoms with Gasteiger partial charge in [-0.2, -0.15) is 0 Å². The number of rotatable bonds is 5. The molecule has 0 fully saturated rings. The molecule has 2 rings (SSSR count). The molecule has 5 nitrogen and oxygen atoms in total. The average molecular weight is 338 g/mol. The molecule has 1 aromatic rings. The molecular weight excluding hydrogens is 312 g/mol. The molecule has 0 atom stereocenters. The predicted octanol–water partition coefficient (Wildman–Crippen LogP) is 2.52. The molecule has 0 aromatic heterocycles. The first-order valence-electron chi connectivity index (χ1n) is 8.14. The third-order valence-electron chi connectivity index (χ3n) is 4.06. The van der Waals surface area contributed by atoms with Crippen LogP contribution in [0.5, 0.6) is 0 Å². The molecule has 0 N–H and O–H groups in total. The second-order valence-electron chi connectivity index (χ2n) is 6.52. The summed E-state index contributed by atoms with van der Waals surface area (Å²) in [4.78, 5) is 14.5. The molecule has 6 heteroatoms. The highest BCUT2D eigenvalue weighted by Crippen LogP contribution is 2.30. The Hall–Kier alpha value is -1.56. The van der Waals surface area contributed by atoms with E-state index in [-0.39, 0.29) is 5.91 Å². The molecular formula is C17H26N2O3S. The third kappa shape index (κ3) is 4.05. The van der Waals surface area contributed by atoms with Crippen LogP contribution in [0.15, 0.2) is 18.2 Å². The summed E-state index contributed by atoms with van der Waals surface area (Å²) in [6, 6.07) is 5.37. The van der Waals surface area contributed by atoms with Gasteiger partial charge >= 0.3 is 0 Å². The van der Waals surface area contributed by atoms with Crippen molar-refractivity contribution in [3.8, 4) is 0 Å². The molecule has 0 bridgehead atoms. The Labute approximate surface area is 139 Å². The van der Waals surface area contributed by atoms with Gasteiger partial charge in [-0.05, 0) is 49.4 Å². The molecule has 1 amide bonds. The van der Waals surface area contributed by atoms with E-state index >= 15 is 0 Å². The van der Waals surface area contributed by atoms with Crippen molar-refractivity contribution in [2.45, 2.75) is 33.6 Å². The fourth-order valence-electron chi connectivity index (χ4n) is 3.02. The Kier molecular flexibility index (Phi) is 5.34. The van der Waals surface area contributed by atoms with Gasteiger partial charge in [0.1, 0.15) is 0 Å². The smallest absolute Gasteiger partial charge is 0.253 e. The van der Waals surface area contributed by atoms with Gasteiger partial charge in [-0.15, -0.1) is 0 Å². The molecule has 1 aliphatic rings. The minimum atomic E-state index is -3.27. The maximum absolute atomic E-state index is 12.7. The Morgan fingerprint density at radius 3 is 2.61 bits per heavy atom. The summed E-state index contributed by atoms with van der Waals surface area (Å²) in [5.74, 6) is 0.428. The summed E-state index contributed by atoms with van der Waals surface area (Å²) in [5.41, 5.74) is 2.29. The molecule has 1 aliphatic heterocycles. The summed E-state index contributed by atoms with van der Waals surface area (Å²) in [5, 5.41) is 0. The molecule has 0 saturated carbocycles. The first-order valence-corrected chi connectivity index (χ1v) is 9.98. The largest absolute Gasteiger partial charge is 0.339 e. The van der Waals surface area contributed by atoms with Gasteiger partial charge in [-0.25, -0.2) is 8.42 Å². The second-order valence-corrected chi connectivity index (χ2v) is 8.43. The van der Waals surface area contributed by atoms with E-state index in [0.29, 0.717) is 30.3 Å². The number of carbonyl (C=O) groups excluding carboxylic acids is 1. The summed E-state index contributed by atoms with van der Waals surface area (Å²) in [7, 11) is -3.27.